The third-order valence-corrected chi connectivity index (χ3v) is 2.31. The number of quaternary nitrogens is 1. The van der Waals surface area contributed by atoms with Gasteiger partial charge in [-0.3, -0.25) is 0 Å². The highest BCUT2D eigenvalue weighted by atomic mass is 16.4. The predicted octanol–water partition coefficient (Wildman–Crippen LogP) is 1.04. The van der Waals surface area contributed by atoms with Gasteiger partial charge in [-0.2, -0.15) is 0 Å². The molecule has 1 aromatic rings. The Morgan fingerprint density at radius 3 is 2.06 bits per heavy atom. The number of carbonyl (C=O) groups is 1. The van der Waals surface area contributed by atoms with Crippen molar-refractivity contribution in [3.05, 3.63) is 35.9 Å². The zero-order valence-electron chi connectivity index (χ0n) is 10.6. The highest BCUT2D eigenvalue weighted by molar-refractivity contribution is 5.60. The van der Waals surface area contributed by atoms with Crippen molar-refractivity contribution in [2.45, 2.75) is 20.4 Å². The zero-order chi connectivity index (χ0) is 12.6. The van der Waals surface area contributed by atoms with Crippen LogP contribution in [0.1, 0.15) is 19.4 Å². The van der Waals surface area contributed by atoms with Gasteiger partial charge in [-0.1, -0.05) is 30.3 Å². The van der Waals surface area contributed by atoms with E-state index in [0.29, 0.717) is 0 Å². The van der Waals surface area contributed by atoms with Crippen LogP contribution in [0, 0.1) is 0 Å². The van der Waals surface area contributed by atoms with E-state index < -0.39 is 5.97 Å². The maximum Gasteiger partial charge on any atom is 0.104 e. The van der Waals surface area contributed by atoms with Crippen LogP contribution < -0.4 is 5.11 Å². The first-order chi connectivity index (χ1) is 7.37. The van der Waals surface area contributed by atoms with E-state index in [4.69, 9.17) is 9.90 Å². The molecule has 0 bridgehead atoms. The smallest absolute Gasteiger partial charge is 0.104 e. The summed E-state index contributed by atoms with van der Waals surface area (Å²) in [5.74, 6) is -1.08. The molecule has 0 spiro atoms. The van der Waals surface area contributed by atoms with Crippen LogP contribution >= 0.6 is 0 Å². The molecule has 0 aliphatic heterocycles. The number of aliphatic carboxylic acids is 1. The molecule has 90 valence electrons. The van der Waals surface area contributed by atoms with Crippen molar-refractivity contribution in [1.29, 1.82) is 0 Å². The highest BCUT2D eigenvalue weighted by Crippen LogP contribution is 2.07. The summed E-state index contributed by atoms with van der Waals surface area (Å²) in [5.41, 5.74) is 1.42. The van der Waals surface area contributed by atoms with E-state index in [1.165, 1.54) is 12.1 Å². The number of carbonyl (C=O) groups excluding carboxylic acids is 1. The second-order valence-electron chi connectivity index (χ2n) is 4.39. The summed E-state index contributed by atoms with van der Waals surface area (Å²) in [6.45, 7) is 5.50. The Bertz CT molecular complexity index is 303. The highest BCUT2D eigenvalue weighted by Gasteiger charge is 2.11. The standard InChI is InChI=1S/C11H18N.C2H4O2/c1-4-12(2,3)10-11-8-6-5-7-9-11;1-2(3)4/h5-9H,4,10H2,1-3H3;1H3,(H,3,4)/q+1;/p-1. The third-order valence-electron chi connectivity index (χ3n) is 2.31. The van der Waals surface area contributed by atoms with Gasteiger partial charge < -0.3 is 14.4 Å². The summed E-state index contributed by atoms with van der Waals surface area (Å²) >= 11 is 0. The van der Waals surface area contributed by atoms with E-state index in [2.05, 4.69) is 51.4 Å². The maximum absolute atomic E-state index is 8.89. The van der Waals surface area contributed by atoms with Crippen LogP contribution in [0.3, 0.4) is 0 Å². The first kappa shape index (κ1) is 14.6. The SMILES string of the molecule is CC(=O)[O-].CC[N+](C)(C)Cc1ccccc1. The van der Waals surface area contributed by atoms with E-state index >= 15 is 0 Å². The molecular weight excluding hydrogens is 202 g/mol. The van der Waals surface area contributed by atoms with Crippen LogP contribution in [0.15, 0.2) is 30.3 Å². The van der Waals surface area contributed by atoms with Crippen molar-refractivity contribution >= 4 is 5.97 Å². The largest absolute Gasteiger partial charge is 0.550 e. The Morgan fingerprint density at radius 2 is 1.69 bits per heavy atom. The quantitative estimate of drug-likeness (QED) is 0.718. The molecule has 0 radical (unpaired) electrons. The summed E-state index contributed by atoms with van der Waals surface area (Å²) in [4.78, 5) is 8.89. The van der Waals surface area contributed by atoms with Gasteiger partial charge in [-0.15, -0.1) is 0 Å². The number of rotatable bonds is 3. The molecule has 0 aliphatic rings. The monoisotopic (exact) mass is 223 g/mol. The Balaban J connectivity index is 0.000000487. The molecule has 0 saturated heterocycles. The average molecular weight is 223 g/mol. The fourth-order valence-electron chi connectivity index (χ4n) is 1.19. The van der Waals surface area contributed by atoms with Crippen LogP contribution in [-0.2, 0) is 11.3 Å². The normalized spacial score (nSPS) is 10.2. The average Bonchev–Trinajstić information content (AvgIpc) is 2.18. The van der Waals surface area contributed by atoms with Crippen molar-refractivity contribution in [3.8, 4) is 0 Å². The summed E-state index contributed by atoms with van der Waals surface area (Å²) in [6.07, 6.45) is 0. The molecular formula is C13H21NO2. The summed E-state index contributed by atoms with van der Waals surface area (Å²) in [6, 6.07) is 10.6. The van der Waals surface area contributed by atoms with E-state index in [0.717, 1.165) is 18.0 Å². The molecule has 0 heterocycles. The molecule has 0 unspecified atom stereocenters. The Morgan fingerprint density at radius 1 is 1.25 bits per heavy atom. The zero-order valence-corrected chi connectivity index (χ0v) is 10.6. The summed E-state index contributed by atoms with van der Waals surface area (Å²) in [7, 11) is 4.51. The van der Waals surface area contributed by atoms with Gasteiger partial charge in [0.05, 0.1) is 20.6 Å². The van der Waals surface area contributed by atoms with Gasteiger partial charge in [0.15, 0.2) is 0 Å². The molecule has 0 amide bonds. The van der Waals surface area contributed by atoms with E-state index in [-0.39, 0.29) is 0 Å². The van der Waals surface area contributed by atoms with Crippen molar-refractivity contribution in [2.24, 2.45) is 0 Å². The molecule has 1 aromatic carbocycles. The van der Waals surface area contributed by atoms with Gasteiger partial charge in [-0.05, 0) is 13.8 Å². The lowest BCUT2D eigenvalue weighted by Crippen LogP contribution is -2.38. The molecule has 3 heteroatoms. The van der Waals surface area contributed by atoms with Crippen LogP contribution in [0.2, 0.25) is 0 Å². The van der Waals surface area contributed by atoms with Crippen LogP contribution in [-0.4, -0.2) is 31.1 Å². The van der Waals surface area contributed by atoms with Crippen LogP contribution in [0.5, 0.6) is 0 Å². The van der Waals surface area contributed by atoms with Gasteiger partial charge in [0.2, 0.25) is 0 Å². The van der Waals surface area contributed by atoms with E-state index in [9.17, 15) is 0 Å². The molecule has 1 rings (SSSR count). The maximum atomic E-state index is 8.89. The van der Waals surface area contributed by atoms with Gasteiger partial charge >= 0.3 is 0 Å². The Hall–Kier alpha value is -1.35. The molecule has 16 heavy (non-hydrogen) atoms. The first-order valence-electron chi connectivity index (χ1n) is 5.41. The van der Waals surface area contributed by atoms with Crippen molar-refractivity contribution < 1.29 is 14.4 Å². The topological polar surface area (TPSA) is 40.1 Å². The number of nitrogens with zero attached hydrogens (tertiary/aromatic N) is 1. The molecule has 0 N–H and O–H groups in total. The van der Waals surface area contributed by atoms with Crippen LogP contribution in [0.4, 0.5) is 0 Å². The van der Waals surface area contributed by atoms with Crippen molar-refractivity contribution in [2.75, 3.05) is 20.6 Å². The van der Waals surface area contributed by atoms with Crippen molar-refractivity contribution in [1.82, 2.24) is 0 Å². The predicted molar refractivity (Wildman–Crippen MR) is 63.5 cm³/mol. The van der Waals surface area contributed by atoms with Gasteiger partial charge in [0.1, 0.15) is 6.54 Å². The van der Waals surface area contributed by atoms with E-state index in [1.54, 1.807) is 0 Å². The van der Waals surface area contributed by atoms with Gasteiger partial charge in [0, 0.05) is 11.5 Å². The fraction of sp³-hybridized carbons (Fsp3) is 0.462. The second-order valence-corrected chi connectivity index (χ2v) is 4.39. The molecule has 0 saturated carbocycles. The van der Waals surface area contributed by atoms with Gasteiger partial charge in [0.25, 0.3) is 0 Å². The minimum atomic E-state index is -1.08. The minimum Gasteiger partial charge on any atom is -0.550 e. The van der Waals surface area contributed by atoms with Crippen molar-refractivity contribution in [3.63, 3.8) is 0 Å². The molecule has 0 atom stereocenters. The lowest BCUT2D eigenvalue weighted by atomic mass is 10.2. The first-order valence-corrected chi connectivity index (χ1v) is 5.41. The lowest BCUT2D eigenvalue weighted by Gasteiger charge is -2.28. The lowest BCUT2D eigenvalue weighted by molar-refractivity contribution is -0.901. The number of carboxylic acids is 1. The molecule has 0 fully saturated rings. The molecule has 0 aliphatic carbocycles. The third kappa shape index (κ3) is 8.00. The van der Waals surface area contributed by atoms with E-state index in [1.807, 2.05) is 0 Å². The summed E-state index contributed by atoms with van der Waals surface area (Å²) in [5, 5.41) is 8.89. The number of carboxylic acid groups (broad SMARTS) is 1. The Labute approximate surface area is 97.9 Å². The summed E-state index contributed by atoms with van der Waals surface area (Å²) < 4.78 is 1.06. The number of benzene rings is 1. The van der Waals surface area contributed by atoms with Crippen LogP contribution in [0.25, 0.3) is 0 Å². The number of hydrogen-bond donors (Lipinski definition) is 0. The fourth-order valence-corrected chi connectivity index (χ4v) is 1.19. The Kier molecular flexibility index (Phi) is 6.42. The number of hydrogen-bond acceptors (Lipinski definition) is 2. The molecule has 3 nitrogen and oxygen atoms in total. The second kappa shape index (κ2) is 7.01. The minimum absolute atomic E-state index is 0.972. The molecule has 0 aromatic heterocycles. The van der Waals surface area contributed by atoms with Gasteiger partial charge in [-0.25, -0.2) is 0 Å².